The highest BCUT2D eigenvalue weighted by atomic mass is 127. The van der Waals surface area contributed by atoms with Crippen molar-refractivity contribution in [2.75, 3.05) is 0 Å². The molecule has 1 N–H and O–H groups in total. The molecule has 0 fully saturated rings. The molecular weight excluding hydrogens is 269 g/mol. The van der Waals surface area contributed by atoms with E-state index < -0.39 is 0 Å². The summed E-state index contributed by atoms with van der Waals surface area (Å²) in [6.45, 7) is 7.82. The van der Waals surface area contributed by atoms with Gasteiger partial charge in [-0.25, -0.2) is 0 Å². The van der Waals surface area contributed by atoms with Gasteiger partial charge in [-0.2, -0.15) is 0 Å². The maximum atomic E-state index is 3.85. The summed E-state index contributed by atoms with van der Waals surface area (Å²) in [5, 5.41) is 0. The Kier molecular flexibility index (Phi) is 6.85. The first-order valence-electron chi connectivity index (χ1n) is 3.24. The van der Waals surface area contributed by atoms with Crippen LogP contribution in [0.1, 0.15) is 13.8 Å². The Morgan fingerprint density at radius 2 is 2.27 bits per heavy atom. The van der Waals surface area contributed by atoms with E-state index in [0.717, 1.165) is 11.3 Å². The van der Waals surface area contributed by atoms with Crippen LogP contribution in [0.2, 0.25) is 0 Å². The van der Waals surface area contributed by atoms with Crippen molar-refractivity contribution in [1.82, 2.24) is 4.72 Å². The Morgan fingerprint density at radius 3 is 2.64 bits per heavy atom. The molecule has 62 valence electrons. The third-order valence-electron chi connectivity index (χ3n) is 1.06. The van der Waals surface area contributed by atoms with E-state index in [9.17, 15) is 0 Å². The van der Waals surface area contributed by atoms with E-state index in [-0.39, 0.29) is 0 Å². The van der Waals surface area contributed by atoms with Crippen LogP contribution >= 0.6 is 30.3 Å². The summed E-state index contributed by atoms with van der Waals surface area (Å²) in [6.07, 6.45) is 5.99. The molecule has 0 unspecified atom stereocenters. The van der Waals surface area contributed by atoms with Crippen molar-refractivity contribution in [3.8, 4) is 0 Å². The molecule has 0 saturated carbocycles. The van der Waals surface area contributed by atoms with Gasteiger partial charge in [0.15, 0.2) is 0 Å². The summed E-state index contributed by atoms with van der Waals surface area (Å²) in [5.74, 6) is 0. The molecule has 0 radical (unpaired) electrons. The number of allylic oxidation sites excluding steroid dienone is 4. The molecule has 0 bridgehead atoms. The van der Waals surface area contributed by atoms with Gasteiger partial charge >= 0.3 is 0 Å². The summed E-state index contributed by atoms with van der Waals surface area (Å²) in [7, 11) is 1.55. The van der Waals surface area contributed by atoms with Crippen molar-refractivity contribution in [3.63, 3.8) is 0 Å². The summed E-state index contributed by atoms with van der Waals surface area (Å²) in [5.41, 5.74) is 2.12. The SMILES string of the molecule is C=C(C)/C(=C\C=C/C)NSI. The highest BCUT2D eigenvalue weighted by Gasteiger charge is 1.92. The molecule has 0 atom stereocenters. The molecule has 0 heterocycles. The van der Waals surface area contributed by atoms with Crippen LogP contribution < -0.4 is 4.72 Å². The molecule has 0 spiro atoms. The van der Waals surface area contributed by atoms with Crippen molar-refractivity contribution in [2.45, 2.75) is 13.8 Å². The van der Waals surface area contributed by atoms with Crippen LogP contribution in [0.3, 0.4) is 0 Å². The minimum atomic E-state index is 1.05. The van der Waals surface area contributed by atoms with Crippen LogP contribution in [0.4, 0.5) is 0 Å². The third kappa shape index (κ3) is 5.38. The third-order valence-corrected chi connectivity index (χ3v) is 2.02. The zero-order valence-electron chi connectivity index (χ0n) is 6.73. The molecule has 0 rings (SSSR count). The van der Waals surface area contributed by atoms with E-state index in [1.54, 1.807) is 9.12 Å². The average molecular weight is 281 g/mol. The van der Waals surface area contributed by atoms with Crippen molar-refractivity contribution >= 4 is 30.3 Å². The number of halogens is 1. The standard InChI is InChI=1S/C8H12INS/c1-4-5-6-8(7(2)3)10-11-9/h4-6,10H,2H2,1,3H3/b5-4-,8-6+. The highest BCUT2D eigenvalue weighted by molar-refractivity contribution is 14.2. The minimum absolute atomic E-state index is 1.05. The van der Waals surface area contributed by atoms with Crippen molar-refractivity contribution in [1.29, 1.82) is 0 Å². The fourth-order valence-electron chi connectivity index (χ4n) is 0.497. The maximum Gasteiger partial charge on any atom is 0.0470 e. The van der Waals surface area contributed by atoms with Crippen LogP contribution in [0, 0.1) is 0 Å². The second kappa shape index (κ2) is 6.79. The number of nitrogens with one attached hydrogen (secondary N) is 1. The minimum Gasteiger partial charge on any atom is -0.321 e. The molecule has 0 amide bonds. The fourth-order valence-corrected chi connectivity index (χ4v) is 1.53. The summed E-state index contributed by atoms with van der Waals surface area (Å²) in [6, 6.07) is 0. The van der Waals surface area contributed by atoms with Crippen molar-refractivity contribution < 1.29 is 0 Å². The van der Waals surface area contributed by atoms with Crippen molar-refractivity contribution in [2.24, 2.45) is 0 Å². The molecule has 0 aromatic heterocycles. The van der Waals surface area contributed by atoms with Crippen LogP contribution in [-0.4, -0.2) is 0 Å². The van der Waals surface area contributed by atoms with Crippen molar-refractivity contribution in [3.05, 3.63) is 36.1 Å². The van der Waals surface area contributed by atoms with Gasteiger partial charge in [-0.1, -0.05) is 18.7 Å². The van der Waals surface area contributed by atoms with Gasteiger partial charge in [0.25, 0.3) is 0 Å². The summed E-state index contributed by atoms with van der Waals surface area (Å²) in [4.78, 5) is 0. The first kappa shape index (κ1) is 11.1. The second-order valence-corrected chi connectivity index (χ2v) is 3.75. The van der Waals surface area contributed by atoms with Crippen LogP contribution in [0.5, 0.6) is 0 Å². The number of hydrogen-bond donors (Lipinski definition) is 1. The molecule has 0 aliphatic rings. The van der Waals surface area contributed by atoms with E-state index in [2.05, 4.69) is 32.5 Å². The quantitative estimate of drug-likeness (QED) is 0.480. The Bertz CT molecular complexity index is 185. The van der Waals surface area contributed by atoms with Crippen LogP contribution in [0.25, 0.3) is 0 Å². The smallest absolute Gasteiger partial charge is 0.0470 e. The molecule has 0 saturated heterocycles. The Balaban J connectivity index is 4.20. The van der Waals surface area contributed by atoms with E-state index in [1.165, 1.54) is 0 Å². The summed E-state index contributed by atoms with van der Waals surface area (Å²) >= 11 is 2.19. The molecule has 0 aliphatic heterocycles. The Morgan fingerprint density at radius 1 is 1.64 bits per heavy atom. The zero-order valence-corrected chi connectivity index (χ0v) is 9.70. The molecule has 11 heavy (non-hydrogen) atoms. The van der Waals surface area contributed by atoms with E-state index in [4.69, 9.17) is 0 Å². The molecule has 0 aromatic rings. The van der Waals surface area contributed by atoms with E-state index in [1.807, 2.05) is 32.1 Å². The van der Waals surface area contributed by atoms with Gasteiger partial charge < -0.3 is 4.72 Å². The number of hydrogen-bond acceptors (Lipinski definition) is 2. The lowest BCUT2D eigenvalue weighted by molar-refractivity contribution is 1.22. The Labute approximate surface area is 84.7 Å². The van der Waals surface area contributed by atoms with Gasteiger partial charge in [0.2, 0.25) is 0 Å². The molecule has 0 aliphatic carbocycles. The fraction of sp³-hybridized carbons (Fsp3) is 0.250. The number of rotatable bonds is 4. The van der Waals surface area contributed by atoms with E-state index >= 15 is 0 Å². The van der Waals surface area contributed by atoms with Gasteiger partial charge in [-0.3, -0.25) is 0 Å². The second-order valence-electron chi connectivity index (χ2n) is 2.07. The molecular formula is C8H12INS. The molecule has 0 aromatic carbocycles. The first-order chi connectivity index (χ1) is 5.22. The predicted molar refractivity (Wildman–Crippen MR) is 62.5 cm³/mol. The van der Waals surface area contributed by atoms with Gasteiger partial charge in [0.05, 0.1) is 0 Å². The lowest BCUT2D eigenvalue weighted by Gasteiger charge is -2.04. The zero-order chi connectivity index (χ0) is 8.69. The van der Waals surface area contributed by atoms with Gasteiger partial charge in [0.1, 0.15) is 0 Å². The first-order valence-corrected chi connectivity index (χ1v) is 6.60. The monoisotopic (exact) mass is 281 g/mol. The topological polar surface area (TPSA) is 12.0 Å². The lowest BCUT2D eigenvalue weighted by atomic mass is 10.2. The molecule has 1 nitrogen and oxygen atoms in total. The van der Waals surface area contributed by atoms with Gasteiger partial charge in [-0.05, 0) is 25.5 Å². The van der Waals surface area contributed by atoms with Gasteiger partial charge in [0, 0.05) is 36.0 Å². The van der Waals surface area contributed by atoms with E-state index in [0.29, 0.717) is 0 Å². The van der Waals surface area contributed by atoms with Crippen LogP contribution in [-0.2, 0) is 0 Å². The molecule has 3 heteroatoms. The maximum absolute atomic E-state index is 3.85. The highest BCUT2D eigenvalue weighted by Crippen LogP contribution is 2.12. The lowest BCUT2D eigenvalue weighted by Crippen LogP contribution is -2.00. The predicted octanol–water partition coefficient (Wildman–Crippen LogP) is 3.61. The Hall–Kier alpha value is 0.100. The average Bonchev–Trinajstić information content (AvgIpc) is 1.97. The largest absolute Gasteiger partial charge is 0.321 e. The van der Waals surface area contributed by atoms with Gasteiger partial charge in [-0.15, -0.1) is 0 Å². The summed E-state index contributed by atoms with van der Waals surface area (Å²) < 4.78 is 3.13. The normalized spacial score (nSPS) is 12.1. The van der Waals surface area contributed by atoms with Crippen LogP contribution in [0.15, 0.2) is 36.1 Å².